The Bertz CT molecular complexity index is 2070. The summed E-state index contributed by atoms with van der Waals surface area (Å²) in [5.41, 5.74) is -1.37. The average molecular weight is 769 g/mol. The van der Waals surface area contributed by atoms with Gasteiger partial charge in [-0.1, -0.05) is 168 Å². The minimum Gasteiger partial charge on any atom is -0.355 e. The number of nitrogens with one attached hydrogen (secondary N) is 2. The summed E-state index contributed by atoms with van der Waals surface area (Å²) in [6.45, 7) is 12.2. The van der Waals surface area contributed by atoms with Crippen molar-refractivity contribution in [3.63, 3.8) is 0 Å². The summed E-state index contributed by atoms with van der Waals surface area (Å²) in [5, 5.41) is 9.85. The van der Waals surface area contributed by atoms with Crippen LogP contribution in [0.4, 0.5) is 49.1 Å². The first-order valence-corrected chi connectivity index (χ1v) is 18.2. The van der Waals surface area contributed by atoms with Crippen molar-refractivity contribution < 1.29 is 26.3 Å². The second kappa shape index (κ2) is 19.7. The Balaban J connectivity index is 0.000000565. The predicted molar refractivity (Wildman–Crippen MR) is 226 cm³/mol. The molecule has 0 aliphatic heterocycles. The van der Waals surface area contributed by atoms with Crippen molar-refractivity contribution in [2.75, 3.05) is 10.6 Å². The van der Waals surface area contributed by atoms with Crippen LogP contribution in [0.2, 0.25) is 0 Å². The number of hydrogen-bond acceptors (Lipinski definition) is 2. The van der Waals surface area contributed by atoms with E-state index in [1.807, 2.05) is 100 Å². The van der Waals surface area contributed by atoms with Gasteiger partial charge in [-0.25, -0.2) is 0 Å². The predicted octanol–water partition coefficient (Wildman–Crippen LogP) is 15.9. The third-order valence-corrected chi connectivity index (χ3v) is 8.84. The van der Waals surface area contributed by atoms with E-state index >= 15 is 0 Å². The summed E-state index contributed by atoms with van der Waals surface area (Å²) in [5.74, 6) is 0. The Morgan fingerprint density at radius 3 is 1.00 bits per heavy atom. The fourth-order valence-corrected chi connectivity index (χ4v) is 6.21. The molecule has 0 aliphatic carbocycles. The molecule has 7 aromatic carbocycles. The van der Waals surface area contributed by atoms with Crippen LogP contribution in [0.3, 0.4) is 0 Å². The lowest BCUT2D eigenvalue weighted by molar-refractivity contribution is -0.288. The number of anilines is 4. The highest BCUT2D eigenvalue weighted by atomic mass is 19.4. The van der Waals surface area contributed by atoms with E-state index in [2.05, 4.69) is 48.7 Å². The van der Waals surface area contributed by atoms with E-state index in [0.717, 1.165) is 45.8 Å². The van der Waals surface area contributed by atoms with Gasteiger partial charge in [0.2, 0.25) is 5.41 Å². The lowest BCUT2D eigenvalue weighted by atomic mass is 9.73. The van der Waals surface area contributed by atoms with E-state index in [4.69, 9.17) is 0 Å². The molecule has 0 saturated carbocycles. The molecule has 0 fully saturated rings. The summed E-state index contributed by atoms with van der Waals surface area (Å²) in [6, 6.07) is 43.0. The van der Waals surface area contributed by atoms with Crippen molar-refractivity contribution in [3.05, 3.63) is 180 Å². The zero-order valence-electron chi connectivity index (χ0n) is 31.8. The van der Waals surface area contributed by atoms with Crippen LogP contribution in [0.15, 0.2) is 158 Å². The molecule has 0 aromatic heterocycles. The number of aryl methyl sites for hydroxylation is 2. The Hall–Kier alpha value is -5.76. The van der Waals surface area contributed by atoms with Gasteiger partial charge in [0.15, 0.2) is 0 Å². The molecule has 2 N–H and O–H groups in total. The van der Waals surface area contributed by atoms with Crippen molar-refractivity contribution in [2.24, 2.45) is 0 Å². The molecule has 0 radical (unpaired) electrons. The molecule has 0 aliphatic rings. The lowest BCUT2D eigenvalue weighted by Gasteiger charge is -2.38. The molecule has 8 heteroatoms. The van der Waals surface area contributed by atoms with Gasteiger partial charge in [0.1, 0.15) is 0 Å². The smallest absolute Gasteiger partial charge is 0.355 e. The minimum atomic E-state index is -5.68. The van der Waals surface area contributed by atoms with Crippen LogP contribution in [0.5, 0.6) is 0 Å². The zero-order chi connectivity index (χ0) is 40.2. The second-order valence-corrected chi connectivity index (χ2v) is 12.4. The highest BCUT2D eigenvalue weighted by molar-refractivity contribution is 5.96. The van der Waals surface area contributed by atoms with Crippen molar-refractivity contribution in [3.8, 4) is 0 Å². The molecule has 0 atom stereocenters. The van der Waals surface area contributed by atoms with Crippen LogP contribution in [-0.4, -0.2) is 12.4 Å². The molecule has 56 heavy (non-hydrogen) atoms. The Morgan fingerprint density at radius 1 is 0.375 bits per heavy atom. The average Bonchev–Trinajstić information content (AvgIpc) is 3.19. The molecule has 0 unspecified atom stereocenters. The number of fused-ring (bicyclic) bond motifs is 2. The Morgan fingerprint density at radius 2 is 0.679 bits per heavy atom. The number of alkyl halides is 6. The first kappa shape index (κ1) is 44.6. The maximum absolute atomic E-state index is 14.7. The van der Waals surface area contributed by atoms with Gasteiger partial charge in [0.05, 0.1) is 0 Å². The first-order chi connectivity index (χ1) is 26.4. The van der Waals surface area contributed by atoms with Crippen LogP contribution in [-0.2, 0) is 5.41 Å². The summed E-state index contributed by atoms with van der Waals surface area (Å²) >= 11 is 0. The molecule has 7 rings (SSSR count). The van der Waals surface area contributed by atoms with Crippen molar-refractivity contribution in [1.82, 2.24) is 0 Å². The van der Waals surface area contributed by atoms with Gasteiger partial charge < -0.3 is 10.6 Å². The van der Waals surface area contributed by atoms with E-state index in [0.29, 0.717) is 22.7 Å². The molecule has 2 nitrogen and oxygen atoms in total. The van der Waals surface area contributed by atoms with E-state index in [1.54, 1.807) is 12.1 Å². The number of halogens is 6. The first-order valence-electron chi connectivity index (χ1n) is 18.2. The molecular formula is C48H50F6N2. The van der Waals surface area contributed by atoms with E-state index in [1.165, 1.54) is 35.4 Å². The van der Waals surface area contributed by atoms with Gasteiger partial charge in [0.25, 0.3) is 0 Å². The maximum atomic E-state index is 14.7. The van der Waals surface area contributed by atoms with E-state index in [-0.39, 0.29) is 7.43 Å². The van der Waals surface area contributed by atoms with Gasteiger partial charge in [-0.2, -0.15) is 26.3 Å². The van der Waals surface area contributed by atoms with Gasteiger partial charge in [0, 0.05) is 33.5 Å². The topological polar surface area (TPSA) is 24.1 Å². The third-order valence-electron chi connectivity index (χ3n) is 8.84. The van der Waals surface area contributed by atoms with Gasteiger partial charge >= 0.3 is 12.4 Å². The molecule has 0 saturated heterocycles. The molecule has 0 spiro atoms. The quantitative estimate of drug-likeness (QED) is 0.165. The minimum absolute atomic E-state index is 0. The van der Waals surface area contributed by atoms with Crippen LogP contribution in [0.25, 0.3) is 21.5 Å². The van der Waals surface area contributed by atoms with Crippen LogP contribution in [0, 0.1) is 13.8 Å². The zero-order valence-corrected chi connectivity index (χ0v) is 31.8. The fraction of sp³-hybridized carbons (Fsp3) is 0.208. The lowest BCUT2D eigenvalue weighted by Crippen LogP contribution is -2.54. The van der Waals surface area contributed by atoms with Crippen LogP contribution < -0.4 is 10.6 Å². The largest absolute Gasteiger partial charge is 0.411 e. The summed E-state index contributed by atoms with van der Waals surface area (Å²) in [7, 11) is 0. The van der Waals surface area contributed by atoms with Crippen LogP contribution in [0.1, 0.15) is 57.4 Å². The van der Waals surface area contributed by atoms with E-state index < -0.39 is 28.9 Å². The van der Waals surface area contributed by atoms with Crippen molar-refractivity contribution >= 4 is 44.3 Å². The normalized spacial score (nSPS) is 11.1. The van der Waals surface area contributed by atoms with Gasteiger partial charge in [-0.3, -0.25) is 0 Å². The summed E-state index contributed by atoms with van der Waals surface area (Å²) in [6.07, 6.45) is -11.4. The maximum Gasteiger partial charge on any atom is 0.411 e. The number of benzene rings is 7. The second-order valence-electron chi connectivity index (χ2n) is 12.4. The summed E-state index contributed by atoms with van der Waals surface area (Å²) in [4.78, 5) is 0. The molecule has 0 bridgehead atoms. The molecular weight excluding hydrogens is 719 g/mol. The third kappa shape index (κ3) is 9.91. The summed E-state index contributed by atoms with van der Waals surface area (Å²) < 4.78 is 88.4. The molecule has 7 aromatic rings. The molecule has 0 amide bonds. The molecule has 294 valence electrons. The van der Waals surface area contributed by atoms with E-state index in [9.17, 15) is 26.3 Å². The van der Waals surface area contributed by atoms with Gasteiger partial charge in [-0.05, 0) is 72.1 Å². The highest BCUT2D eigenvalue weighted by Crippen LogP contribution is 2.56. The monoisotopic (exact) mass is 768 g/mol. The Labute approximate surface area is 327 Å². The van der Waals surface area contributed by atoms with Gasteiger partial charge in [-0.15, -0.1) is 0 Å². The van der Waals surface area contributed by atoms with Crippen molar-refractivity contribution in [1.29, 1.82) is 0 Å². The number of rotatable bonds is 6. The van der Waals surface area contributed by atoms with Crippen molar-refractivity contribution in [2.45, 2.75) is 66.7 Å². The number of hydrogen-bond donors (Lipinski definition) is 2. The van der Waals surface area contributed by atoms with Crippen LogP contribution >= 0.6 is 0 Å². The standard InChI is InChI=1S/C35H24F6N2.C8H10.2C2H6.CH4/c36-34(37,38)33(35(39,40)41,25-15-19-27(20-16-25)42-31-13-5-9-23-7-1-3-11-29(23)31)26-17-21-28(22-18-26)43-32-14-6-10-24-8-2-4-12-30(24)32;1-7-3-5-8(2)6-4-7;2*1-2;/h1-22,42-43H;3-6H,1-2H3;2*1-2H3;1H4. The molecule has 0 heterocycles. The highest BCUT2D eigenvalue weighted by Gasteiger charge is 2.72. The fourth-order valence-electron chi connectivity index (χ4n) is 6.21. The SMILES string of the molecule is C.CC.CC.Cc1ccc(C)cc1.FC(F)(F)C(c1ccc(Nc2cccc3ccccc23)cc1)(c1ccc(Nc2cccc3ccccc23)cc1)C(F)(F)F. The Kier molecular flexibility index (Phi) is 15.7.